The van der Waals surface area contributed by atoms with Gasteiger partial charge in [0.15, 0.2) is 0 Å². The molecule has 0 fully saturated rings. The minimum atomic E-state index is -0.828. The Bertz CT molecular complexity index is 940. The van der Waals surface area contributed by atoms with Crippen molar-refractivity contribution in [2.45, 2.75) is 20.0 Å². The fraction of sp³-hybridized carbons (Fsp3) is 0.217. The van der Waals surface area contributed by atoms with Crippen molar-refractivity contribution in [1.29, 1.82) is 0 Å². The molecule has 28 heavy (non-hydrogen) atoms. The van der Waals surface area contributed by atoms with E-state index in [-0.39, 0.29) is 0 Å². The van der Waals surface area contributed by atoms with Gasteiger partial charge in [0.2, 0.25) is 0 Å². The summed E-state index contributed by atoms with van der Waals surface area (Å²) in [6.45, 7) is 2.16. The van der Waals surface area contributed by atoms with Crippen LogP contribution in [-0.4, -0.2) is 23.2 Å². The molecule has 1 unspecified atom stereocenters. The molecule has 2 aromatic carbocycles. The maximum absolute atomic E-state index is 11.2. The summed E-state index contributed by atoms with van der Waals surface area (Å²) in [4.78, 5) is 15.5. The molecule has 0 saturated carbocycles. The molecule has 0 aliphatic rings. The fourth-order valence-electron chi connectivity index (χ4n) is 2.93. The number of rotatable bonds is 8. The predicted molar refractivity (Wildman–Crippen MR) is 108 cm³/mol. The monoisotopic (exact) mass is 377 g/mol. The van der Waals surface area contributed by atoms with Crippen LogP contribution in [0.5, 0.6) is 11.5 Å². The molecule has 0 radical (unpaired) electrons. The van der Waals surface area contributed by atoms with Gasteiger partial charge < -0.3 is 14.6 Å². The zero-order valence-corrected chi connectivity index (χ0v) is 16.0. The highest BCUT2D eigenvalue weighted by molar-refractivity contribution is 5.71. The van der Waals surface area contributed by atoms with Gasteiger partial charge in [0.05, 0.1) is 19.2 Å². The van der Waals surface area contributed by atoms with Crippen molar-refractivity contribution in [3.63, 3.8) is 0 Å². The molecule has 3 aromatic rings. The maximum Gasteiger partial charge on any atom is 0.306 e. The van der Waals surface area contributed by atoms with Crippen LogP contribution < -0.4 is 9.47 Å². The van der Waals surface area contributed by atoms with Crippen LogP contribution in [0.15, 0.2) is 67.0 Å². The van der Waals surface area contributed by atoms with Gasteiger partial charge in [-0.15, -0.1) is 0 Å². The maximum atomic E-state index is 11.2. The molecule has 5 heteroatoms. The van der Waals surface area contributed by atoms with Crippen molar-refractivity contribution in [2.24, 2.45) is 5.92 Å². The van der Waals surface area contributed by atoms with Crippen molar-refractivity contribution in [3.05, 3.63) is 78.1 Å². The molecule has 1 N–H and O–H groups in total. The SMILES string of the molecule is COc1ccc(-c2cncc(OCc3ccccc3)c2)cc1CC(C)C(=O)O. The Kier molecular flexibility index (Phi) is 6.27. The van der Waals surface area contributed by atoms with Crippen LogP contribution >= 0.6 is 0 Å². The van der Waals surface area contributed by atoms with Crippen molar-refractivity contribution < 1.29 is 19.4 Å². The topological polar surface area (TPSA) is 68.7 Å². The summed E-state index contributed by atoms with van der Waals surface area (Å²) in [5.41, 5.74) is 3.77. The number of nitrogens with zero attached hydrogens (tertiary/aromatic N) is 1. The number of hydrogen-bond donors (Lipinski definition) is 1. The zero-order valence-electron chi connectivity index (χ0n) is 16.0. The Hall–Kier alpha value is -3.34. The number of carboxylic acid groups (broad SMARTS) is 1. The number of ether oxygens (including phenoxy) is 2. The van der Waals surface area contributed by atoms with Crippen LogP contribution in [0, 0.1) is 5.92 Å². The van der Waals surface area contributed by atoms with E-state index in [9.17, 15) is 9.90 Å². The standard InChI is InChI=1S/C23H23NO4/c1-16(23(25)26)10-19-11-18(8-9-22(19)27-2)20-12-21(14-24-13-20)28-15-17-6-4-3-5-7-17/h3-9,11-14,16H,10,15H2,1-2H3,(H,25,26). The third kappa shape index (κ3) is 4.88. The Balaban J connectivity index is 1.81. The first-order valence-electron chi connectivity index (χ1n) is 9.08. The zero-order chi connectivity index (χ0) is 19.9. The van der Waals surface area contributed by atoms with Crippen LogP contribution in [0.25, 0.3) is 11.1 Å². The third-order valence-electron chi connectivity index (χ3n) is 4.52. The van der Waals surface area contributed by atoms with Gasteiger partial charge in [0, 0.05) is 11.8 Å². The second kappa shape index (κ2) is 9.04. The fourth-order valence-corrected chi connectivity index (χ4v) is 2.93. The van der Waals surface area contributed by atoms with Gasteiger partial charge in [-0.25, -0.2) is 0 Å². The summed E-state index contributed by atoms with van der Waals surface area (Å²) in [6.07, 6.45) is 3.84. The molecule has 1 atom stereocenters. The van der Waals surface area contributed by atoms with E-state index < -0.39 is 11.9 Å². The van der Waals surface area contributed by atoms with E-state index >= 15 is 0 Å². The first-order valence-corrected chi connectivity index (χ1v) is 9.08. The van der Waals surface area contributed by atoms with Gasteiger partial charge in [-0.05, 0) is 41.3 Å². The molecule has 1 heterocycles. The van der Waals surface area contributed by atoms with Crippen molar-refractivity contribution in [1.82, 2.24) is 4.98 Å². The molecule has 0 aliphatic heterocycles. The summed E-state index contributed by atoms with van der Waals surface area (Å²) in [7, 11) is 1.59. The average Bonchev–Trinajstić information content (AvgIpc) is 2.73. The molecule has 144 valence electrons. The van der Waals surface area contributed by atoms with Crippen molar-refractivity contribution in [2.75, 3.05) is 7.11 Å². The molecule has 0 amide bonds. The molecule has 3 rings (SSSR count). The minimum Gasteiger partial charge on any atom is -0.496 e. The number of methoxy groups -OCH3 is 1. The summed E-state index contributed by atoms with van der Waals surface area (Å²) in [5.74, 6) is 0.0344. The highest BCUT2D eigenvalue weighted by Crippen LogP contribution is 2.30. The van der Waals surface area contributed by atoms with E-state index in [1.165, 1.54) is 0 Å². The molecule has 0 saturated heterocycles. The lowest BCUT2D eigenvalue weighted by molar-refractivity contribution is -0.141. The third-order valence-corrected chi connectivity index (χ3v) is 4.52. The quantitative estimate of drug-likeness (QED) is 0.621. The number of hydrogen-bond acceptors (Lipinski definition) is 4. The van der Waals surface area contributed by atoms with Gasteiger partial charge in [0.1, 0.15) is 18.1 Å². The Labute approximate surface area is 164 Å². The number of aliphatic carboxylic acids is 1. The molecule has 1 aromatic heterocycles. The van der Waals surface area contributed by atoms with Crippen molar-refractivity contribution >= 4 is 5.97 Å². The summed E-state index contributed by atoms with van der Waals surface area (Å²) in [6, 6.07) is 17.6. The lowest BCUT2D eigenvalue weighted by Gasteiger charge is -2.13. The predicted octanol–water partition coefficient (Wildman–Crippen LogP) is 4.60. The molecule has 0 bridgehead atoms. The van der Waals surface area contributed by atoms with Gasteiger partial charge in [-0.2, -0.15) is 0 Å². The van der Waals surface area contributed by atoms with E-state index in [0.717, 1.165) is 22.3 Å². The van der Waals surface area contributed by atoms with Gasteiger partial charge in [-0.1, -0.05) is 43.3 Å². The Morgan fingerprint density at radius 1 is 1.07 bits per heavy atom. The van der Waals surface area contributed by atoms with Crippen LogP contribution in [0.3, 0.4) is 0 Å². The van der Waals surface area contributed by atoms with Crippen LogP contribution in [0.1, 0.15) is 18.1 Å². The first-order chi connectivity index (χ1) is 13.6. The number of carboxylic acids is 1. The lowest BCUT2D eigenvalue weighted by Crippen LogP contribution is -2.12. The summed E-state index contributed by atoms with van der Waals surface area (Å²) in [5, 5.41) is 9.22. The van der Waals surface area contributed by atoms with Crippen molar-refractivity contribution in [3.8, 4) is 22.6 Å². The van der Waals surface area contributed by atoms with Crippen LogP contribution in [0.2, 0.25) is 0 Å². The molecule has 0 aliphatic carbocycles. The lowest BCUT2D eigenvalue weighted by atomic mass is 9.96. The molecule has 0 spiro atoms. The second-order valence-electron chi connectivity index (χ2n) is 6.65. The Morgan fingerprint density at radius 3 is 2.57 bits per heavy atom. The highest BCUT2D eigenvalue weighted by Gasteiger charge is 2.15. The number of carbonyl (C=O) groups is 1. The number of pyridine rings is 1. The van der Waals surface area contributed by atoms with E-state index in [2.05, 4.69) is 4.98 Å². The highest BCUT2D eigenvalue weighted by atomic mass is 16.5. The second-order valence-corrected chi connectivity index (χ2v) is 6.65. The Morgan fingerprint density at radius 2 is 1.86 bits per heavy atom. The molecular weight excluding hydrogens is 354 g/mol. The minimum absolute atomic E-state index is 0.393. The normalized spacial score (nSPS) is 11.6. The van der Waals surface area contributed by atoms with E-state index in [0.29, 0.717) is 24.5 Å². The van der Waals surface area contributed by atoms with Crippen LogP contribution in [-0.2, 0) is 17.8 Å². The molecular formula is C23H23NO4. The summed E-state index contributed by atoms with van der Waals surface area (Å²) >= 11 is 0. The van der Waals surface area contributed by atoms with Gasteiger partial charge in [0.25, 0.3) is 0 Å². The summed E-state index contributed by atoms with van der Waals surface area (Å²) < 4.78 is 11.3. The van der Waals surface area contributed by atoms with E-state index in [1.54, 1.807) is 26.4 Å². The smallest absolute Gasteiger partial charge is 0.306 e. The molecule has 5 nitrogen and oxygen atoms in total. The van der Waals surface area contributed by atoms with Gasteiger partial charge in [-0.3, -0.25) is 9.78 Å². The van der Waals surface area contributed by atoms with E-state index in [4.69, 9.17) is 9.47 Å². The first kappa shape index (κ1) is 19.4. The van der Waals surface area contributed by atoms with Crippen LogP contribution in [0.4, 0.5) is 0 Å². The van der Waals surface area contributed by atoms with E-state index in [1.807, 2.05) is 54.6 Å². The van der Waals surface area contributed by atoms with Gasteiger partial charge >= 0.3 is 5.97 Å². The number of aromatic nitrogens is 1. The average molecular weight is 377 g/mol. The number of benzene rings is 2. The largest absolute Gasteiger partial charge is 0.496 e.